The third kappa shape index (κ3) is 1.22. The Kier molecular flexibility index (Phi) is 1.89. The maximum atomic E-state index is 9.19. The molecule has 0 aromatic heterocycles. The van der Waals surface area contributed by atoms with Crippen molar-refractivity contribution in [3.05, 3.63) is 47.0 Å². The highest BCUT2D eigenvalue weighted by Crippen LogP contribution is 2.46. The Morgan fingerprint density at radius 1 is 1.27 bits per heavy atom. The average molecular weight is 195 g/mol. The van der Waals surface area contributed by atoms with Gasteiger partial charge in [0.2, 0.25) is 0 Å². The first kappa shape index (κ1) is 8.73. The van der Waals surface area contributed by atoms with Crippen LogP contribution in [0, 0.1) is 17.2 Å². The van der Waals surface area contributed by atoms with Crippen molar-refractivity contribution in [1.82, 2.24) is 0 Å². The molecule has 2 aliphatic rings. The van der Waals surface area contributed by atoms with E-state index < -0.39 is 0 Å². The summed E-state index contributed by atoms with van der Waals surface area (Å²) in [6.07, 6.45) is 5.52. The van der Waals surface area contributed by atoms with Crippen LogP contribution in [-0.4, -0.2) is 0 Å². The molecule has 0 fully saturated rings. The predicted molar refractivity (Wildman–Crippen MR) is 59.3 cm³/mol. The van der Waals surface area contributed by atoms with Crippen molar-refractivity contribution in [3.8, 4) is 6.07 Å². The summed E-state index contributed by atoms with van der Waals surface area (Å²) in [5.74, 6) is 0.605. The summed E-state index contributed by atoms with van der Waals surface area (Å²) in [5, 5.41) is 9.19. The van der Waals surface area contributed by atoms with Gasteiger partial charge in [0.25, 0.3) is 0 Å². The van der Waals surface area contributed by atoms with Crippen LogP contribution in [0.25, 0.3) is 0 Å². The zero-order valence-electron chi connectivity index (χ0n) is 8.61. The zero-order valence-corrected chi connectivity index (χ0v) is 8.61. The Bertz CT molecular complexity index is 464. The first-order chi connectivity index (χ1) is 7.40. The molecule has 0 saturated carbocycles. The molecule has 1 unspecified atom stereocenters. The van der Waals surface area contributed by atoms with Gasteiger partial charge < -0.3 is 0 Å². The highest BCUT2D eigenvalue weighted by atomic mass is 14.4. The van der Waals surface area contributed by atoms with Crippen LogP contribution in [0.1, 0.15) is 29.9 Å². The van der Waals surface area contributed by atoms with Gasteiger partial charge >= 0.3 is 0 Å². The van der Waals surface area contributed by atoms with E-state index in [0.29, 0.717) is 5.92 Å². The van der Waals surface area contributed by atoms with E-state index in [4.69, 9.17) is 0 Å². The van der Waals surface area contributed by atoms with E-state index in [1.807, 2.05) is 0 Å². The lowest BCUT2D eigenvalue weighted by molar-refractivity contribution is 0.517. The molecule has 0 spiro atoms. The molecule has 3 rings (SSSR count). The summed E-state index contributed by atoms with van der Waals surface area (Å²) in [6, 6.07) is 11.0. The minimum atomic E-state index is 0.202. The normalized spacial score (nSPS) is 27.5. The number of nitriles is 1. The van der Waals surface area contributed by atoms with E-state index in [1.54, 1.807) is 0 Å². The quantitative estimate of drug-likeness (QED) is 0.583. The molecule has 2 aliphatic carbocycles. The number of allylic oxidation sites excluding steroid dienone is 2. The van der Waals surface area contributed by atoms with Crippen molar-refractivity contribution >= 4 is 0 Å². The van der Waals surface area contributed by atoms with Crippen molar-refractivity contribution in [3.63, 3.8) is 0 Å². The molecule has 2 atom stereocenters. The van der Waals surface area contributed by atoms with Gasteiger partial charge in [0.05, 0.1) is 12.0 Å². The molecular weight excluding hydrogens is 182 g/mol. The molecule has 1 aromatic rings. The van der Waals surface area contributed by atoms with E-state index in [-0.39, 0.29) is 5.92 Å². The Balaban J connectivity index is 2.12. The maximum absolute atomic E-state index is 9.19. The van der Waals surface area contributed by atoms with Gasteiger partial charge in [-0.3, -0.25) is 0 Å². The van der Waals surface area contributed by atoms with Crippen molar-refractivity contribution in [2.75, 3.05) is 0 Å². The second-order valence-electron chi connectivity index (χ2n) is 4.45. The topological polar surface area (TPSA) is 23.8 Å². The molecule has 0 amide bonds. The van der Waals surface area contributed by atoms with Crippen LogP contribution in [0.5, 0.6) is 0 Å². The number of hydrogen-bond donors (Lipinski definition) is 0. The lowest BCUT2D eigenvalue weighted by Crippen LogP contribution is -2.14. The summed E-state index contributed by atoms with van der Waals surface area (Å²) in [5.41, 5.74) is 4.31. The van der Waals surface area contributed by atoms with Crippen molar-refractivity contribution < 1.29 is 0 Å². The largest absolute Gasteiger partial charge is 0.198 e. The monoisotopic (exact) mass is 195 g/mol. The number of rotatable bonds is 0. The molecule has 1 nitrogen and oxygen atoms in total. The summed E-state index contributed by atoms with van der Waals surface area (Å²) >= 11 is 0. The van der Waals surface area contributed by atoms with Crippen LogP contribution in [0.3, 0.4) is 0 Å². The predicted octanol–water partition coefficient (Wildman–Crippen LogP) is 3.19. The summed E-state index contributed by atoms with van der Waals surface area (Å²) in [6.45, 7) is 0. The number of benzene rings is 1. The van der Waals surface area contributed by atoms with Gasteiger partial charge in [-0.1, -0.05) is 35.9 Å². The molecule has 0 heterocycles. The van der Waals surface area contributed by atoms with Crippen LogP contribution in [0.4, 0.5) is 0 Å². The summed E-state index contributed by atoms with van der Waals surface area (Å²) in [7, 11) is 0. The zero-order chi connectivity index (χ0) is 10.3. The van der Waals surface area contributed by atoms with E-state index >= 15 is 0 Å². The molecule has 1 aromatic carbocycles. The van der Waals surface area contributed by atoms with Crippen LogP contribution in [-0.2, 0) is 6.42 Å². The van der Waals surface area contributed by atoms with E-state index in [0.717, 1.165) is 19.3 Å². The fourth-order valence-corrected chi connectivity index (χ4v) is 2.96. The molecule has 0 N–H and O–H groups in total. The maximum Gasteiger partial charge on any atom is 0.0665 e. The van der Waals surface area contributed by atoms with Crippen LogP contribution in [0.2, 0.25) is 0 Å². The Morgan fingerprint density at radius 2 is 2.13 bits per heavy atom. The Hall–Kier alpha value is -1.55. The number of nitrogens with zero attached hydrogens (tertiary/aromatic N) is 1. The SMILES string of the molecule is N#CC1CCC=C2Cc3ccccc3[C@H]21. The summed E-state index contributed by atoms with van der Waals surface area (Å²) in [4.78, 5) is 0. The lowest BCUT2D eigenvalue weighted by atomic mass is 9.79. The van der Waals surface area contributed by atoms with Crippen LogP contribution in [0.15, 0.2) is 35.9 Å². The fourth-order valence-electron chi connectivity index (χ4n) is 2.96. The number of fused-ring (bicyclic) bond motifs is 3. The molecule has 0 aliphatic heterocycles. The molecular formula is C14H13N. The fraction of sp³-hybridized carbons (Fsp3) is 0.357. The molecule has 74 valence electrons. The van der Waals surface area contributed by atoms with E-state index in [1.165, 1.54) is 16.7 Å². The van der Waals surface area contributed by atoms with E-state index in [2.05, 4.69) is 36.4 Å². The molecule has 1 heteroatoms. The third-order valence-corrected chi connectivity index (χ3v) is 3.64. The Labute approximate surface area is 90.0 Å². The highest BCUT2D eigenvalue weighted by Gasteiger charge is 2.35. The van der Waals surface area contributed by atoms with Gasteiger partial charge in [-0.05, 0) is 30.4 Å². The minimum Gasteiger partial charge on any atom is -0.198 e. The first-order valence-corrected chi connectivity index (χ1v) is 5.56. The molecule has 0 bridgehead atoms. The molecule has 0 radical (unpaired) electrons. The summed E-state index contributed by atoms with van der Waals surface area (Å²) < 4.78 is 0. The molecule has 15 heavy (non-hydrogen) atoms. The van der Waals surface area contributed by atoms with Gasteiger partial charge in [-0.15, -0.1) is 0 Å². The molecule has 0 saturated heterocycles. The van der Waals surface area contributed by atoms with Crippen molar-refractivity contribution in [2.24, 2.45) is 5.92 Å². The standard InChI is InChI=1S/C14H13N/c15-9-12-6-3-5-11-8-10-4-1-2-7-13(10)14(11)12/h1-2,4-5,7,12,14H,3,6,8H2/t12?,14-/m1/s1. The average Bonchev–Trinajstić information content (AvgIpc) is 2.67. The third-order valence-electron chi connectivity index (χ3n) is 3.64. The Morgan fingerprint density at radius 3 is 3.00 bits per heavy atom. The minimum absolute atomic E-state index is 0.202. The van der Waals surface area contributed by atoms with Gasteiger partial charge in [0, 0.05) is 5.92 Å². The van der Waals surface area contributed by atoms with Gasteiger partial charge in [0.15, 0.2) is 0 Å². The van der Waals surface area contributed by atoms with Gasteiger partial charge in [-0.25, -0.2) is 0 Å². The second kappa shape index (κ2) is 3.24. The van der Waals surface area contributed by atoms with E-state index in [9.17, 15) is 5.26 Å². The van der Waals surface area contributed by atoms with Crippen molar-refractivity contribution in [2.45, 2.75) is 25.2 Å². The van der Waals surface area contributed by atoms with Gasteiger partial charge in [0.1, 0.15) is 0 Å². The number of hydrogen-bond acceptors (Lipinski definition) is 1. The smallest absolute Gasteiger partial charge is 0.0665 e. The van der Waals surface area contributed by atoms with Crippen molar-refractivity contribution in [1.29, 1.82) is 5.26 Å². The first-order valence-electron chi connectivity index (χ1n) is 5.56. The lowest BCUT2D eigenvalue weighted by Gasteiger charge is -2.23. The van der Waals surface area contributed by atoms with Crippen LogP contribution < -0.4 is 0 Å². The van der Waals surface area contributed by atoms with Gasteiger partial charge in [-0.2, -0.15) is 5.26 Å². The highest BCUT2D eigenvalue weighted by molar-refractivity contribution is 5.48. The van der Waals surface area contributed by atoms with Crippen LogP contribution >= 0.6 is 0 Å². The second-order valence-corrected chi connectivity index (χ2v) is 4.45.